The minimum Gasteiger partial charge on any atom is -0.360 e. The van der Waals surface area contributed by atoms with Gasteiger partial charge in [-0.25, -0.2) is 4.90 Å². The normalized spacial score (nSPS) is 27.9. The summed E-state index contributed by atoms with van der Waals surface area (Å²) < 4.78 is 6.11. The molecule has 0 radical (unpaired) electrons. The first kappa shape index (κ1) is 21.9. The predicted octanol–water partition coefficient (Wildman–Crippen LogP) is 3.88. The Bertz CT molecular complexity index is 1170. The lowest BCUT2D eigenvalue weighted by atomic mass is 9.77. The molecule has 3 amide bonds. The largest absolute Gasteiger partial charge is 0.360 e. The van der Waals surface area contributed by atoms with E-state index in [1.807, 2.05) is 24.3 Å². The van der Waals surface area contributed by atoms with Gasteiger partial charge in [0.2, 0.25) is 11.8 Å². The van der Waals surface area contributed by atoms with Crippen LogP contribution in [0, 0.1) is 11.8 Å². The highest BCUT2D eigenvalue weighted by molar-refractivity contribution is 6.31. The van der Waals surface area contributed by atoms with Gasteiger partial charge < -0.3 is 10.1 Å². The van der Waals surface area contributed by atoms with E-state index in [-0.39, 0.29) is 29.7 Å². The molecule has 0 unspecified atom stereocenters. The molecule has 2 aromatic carbocycles. The number of nitrogens with zero attached hydrogens (tertiary/aromatic N) is 1. The van der Waals surface area contributed by atoms with Gasteiger partial charge in [-0.15, -0.1) is 0 Å². The SMILES string of the molecule is CC(C)(C)c1ccc(C(=O)NC[C@@]23C=C[C@@H](O2)[C@@H]2C(=O)N(c4ccc(Cl)cc4)C(=O)[C@@H]23)cc1. The molecule has 170 valence electrons. The smallest absolute Gasteiger partial charge is 0.251 e. The highest BCUT2D eigenvalue weighted by Crippen LogP contribution is 2.52. The average Bonchev–Trinajstić information content (AvgIpc) is 3.43. The van der Waals surface area contributed by atoms with Gasteiger partial charge in [-0.1, -0.05) is 56.7 Å². The van der Waals surface area contributed by atoms with Crippen molar-refractivity contribution < 1.29 is 19.1 Å². The molecule has 2 bridgehead atoms. The van der Waals surface area contributed by atoms with Crippen LogP contribution in [-0.2, 0) is 19.7 Å². The fourth-order valence-electron chi connectivity index (χ4n) is 4.99. The van der Waals surface area contributed by atoms with E-state index in [1.165, 1.54) is 4.90 Å². The number of amides is 3. The molecule has 4 atom stereocenters. The summed E-state index contributed by atoms with van der Waals surface area (Å²) in [6.07, 6.45) is 3.16. The number of hydrogen-bond donors (Lipinski definition) is 1. The summed E-state index contributed by atoms with van der Waals surface area (Å²) in [6, 6.07) is 14.1. The summed E-state index contributed by atoms with van der Waals surface area (Å²) in [7, 11) is 0. The van der Waals surface area contributed by atoms with Crippen LogP contribution in [0.25, 0.3) is 0 Å². The lowest BCUT2D eigenvalue weighted by Crippen LogP contribution is -2.48. The van der Waals surface area contributed by atoms with Crippen LogP contribution in [0.15, 0.2) is 60.7 Å². The molecule has 0 aliphatic carbocycles. The van der Waals surface area contributed by atoms with E-state index in [4.69, 9.17) is 16.3 Å². The van der Waals surface area contributed by atoms with Crippen LogP contribution in [0.5, 0.6) is 0 Å². The zero-order chi connectivity index (χ0) is 23.5. The van der Waals surface area contributed by atoms with Gasteiger partial charge in [-0.3, -0.25) is 14.4 Å². The van der Waals surface area contributed by atoms with E-state index >= 15 is 0 Å². The van der Waals surface area contributed by atoms with Crippen molar-refractivity contribution in [3.8, 4) is 0 Å². The van der Waals surface area contributed by atoms with Crippen LogP contribution in [-0.4, -0.2) is 36.0 Å². The van der Waals surface area contributed by atoms with Crippen LogP contribution < -0.4 is 10.2 Å². The molecule has 3 heterocycles. The fraction of sp³-hybridized carbons (Fsp3) is 0.346. The summed E-state index contributed by atoms with van der Waals surface area (Å²) >= 11 is 5.96. The Balaban J connectivity index is 1.35. The van der Waals surface area contributed by atoms with Crippen molar-refractivity contribution >= 4 is 35.0 Å². The van der Waals surface area contributed by atoms with Crippen molar-refractivity contribution in [1.82, 2.24) is 5.32 Å². The first-order valence-electron chi connectivity index (χ1n) is 11.0. The maximum absolute atomic E-state index is 13.4. The molecule has 0 spiro atoms. The third kappa shape index (κ3) is 3.49. The van der Waals surface area contributed by atoms with Gasteiger partial charge in [0, 0.05) is 10.6 Å². The second-order valence-electron chi connectivity index (χ2n) is 9.90. The Kier molecular flexibility index (Phi) is 4.99. The monoisotopic (exact) mass is 464 g/mol. The van der Waals surface area contributed by atoms with Crippen molar-refractivity contribution in [2.24, 2.45) is 11.8 Å². The van der Waals surface area contributed by atoms with Gasteiger partial charge in [0.25, 0.3) is 5.91 Å². The van der Waals surface area contributed by atoms with E-state index < -0.39 is 23.5 Å². The van der Waals surface area contributed by atoms with Crippen molar-refractivity contribution in [3.05, 3.63) is 76.8 Å². The zero-order valence-corrected chi connectivity index (χ0v) is 19.4. The molecule has 33 heavy (non-hydrogen) atoms. The molecule has 3 aliphatic heterocycles. The van der Waals surface area contributed by atoms with Crippen molar-refractivity contribution in [1.29, 1.82) is 0 Å². The van der Waals surface area contributed by atoms with Gasteiger partial charge in [-0.2, -0.15) is 0 Å². The van der Waals surface area contributed by atoms with Gasteiger partial charge in [-0.05, 0) is 47.4 Å². The third-order valence-corrected chi connectivity index (χ3v) is 7.03. The van der Waals surface area contributed by atoms with Gasteiger partial charge in [0.1, 0.15) is 5.60 Å². The molecule has 2 saturated heterocycles. The topological polar surface area (TPSA) is 75.7 Å². The number of rotatable bonds is 4. The molecule has 1 N–H and O–H groups in total. The van der Waals surface area contributed by atoms with Crippen LogP contribution >= 0.6 is 11.6 Å². The number of carbonyl (C=O) groups is 3. The molecular weight excluding hydrogens is 440 g/mol. The number of benzene rings is 2. The molecule has 0 aromatic heterocycles. The molecule has 5 rings (SSSR count). The Morgan fingerprint density at radius 3 is 2.36 bits per heavy atom. The number of imide groups is 1. The fourth-order valence-corrected chi connectivity index (χ4v) is 5.12. The second-order valence-corrected chi connectivity index (χ2v) is 10.3. The Morgan fingerprint density at radius 1 is 1.06 bits per heavy atom. The minimum atomic E-state index is -1.04. The van der Waals surface area contributed by atoms with Gasteiger partial charge in [0.15, 0.2) is 0 Å². The van der Waals surface area contributed by atoms with E-state index in [0.29, 0.717) is 16.3 Å². The summed E-state index contributed by atoms with van der Waals surface area (Å²) in [4.78, 5) is 40.6. The molecule has 2 fully saturated rings. The second kappa shape index (κ2) is 7.54. The molecule has 3 aliphatic rings. The third-order valence-electron chi connectivity index (χ3n) is 6.78. The average molecular weight is 465 g/mol. The number of fused-ring (bicyclic) bond motifs is 5. The molecule has 6 nitrogen and oxygen atoms in total. The van der Waals surface area contributed by atoms with Crippen molar-refractivity contribution in [2.75, 3.05) is 11.4 Å². The van der Waals surface area contributed by atoms with E-state index in [9.17, 15) is 14.4 Å². The number of hydrogen-bond acceptors (Lipinski definition) is 4. The molecular formula is C26H25ClN2O4. The highest BCUT2D eigenvalue weighted by atomic mass is 35.5. The lowest BCUT2D eigenvalue weighted by molar-refractivity contribution is -0.126. The van der Waals surface area contributed by atoms with Crippen LogP contribution in [0.4, 0.5) is 5.69 Å². The molecule has 7 heteroatoms. The highest BCUT2D eigenvalue weighted by Gasteiger charge is 2.67. The quantitative estimate of drug-likeness (QED) is 0.550. The molecule has 2 aromatic rings. The maximum atomic E-state index is 13.4. The lowest BCUT2D eigenvalue weighted by Gasteiger charge is -2.29. The summed E-state index contributed by atoms with van der Waals surface area (Å²) in [6.45, 7) is 6.45. The molecule has 0 saturated carbocycles. The predicted molar refractivity (Wildman–Crippen MR) is 125 cm³/mol. The Hall–Kier alpha value is -2.96. The van der Waals surface area contributed by atoms with Crippen molar-refractivity contribution in [2.45, 2.75) is 37.9 Å². The van der Waals surface area contributed by atoms with E-state index in [0.717, 1.165) is 5.56 Å². The summed E-state index contributed by atoms with van der Waals surface area (Å²) in [5.41, 5.74) is 1.11. The van der Waals surface area contributed by atoms with Gasteiger partial charge >= 0.3 is 0 Å². The standard InChI is InChI=1S/C26H25ClN2O4/c1-25(2,3)16-6-4-15(5-7-16)22(30)28-14-26-13-12-19(33-26)20-21(26)24(32)29(23(20)31)18-10-8-17(27)9-11-18/h4-13,19-21H,14H2,1-3H3,(H,28,30)/t19-,20+,21-,26-/m1/s1. The van der Waals surface area contributed by atoms with Gasteiger partial charge in [0.05, 0.1) is 30.2 Å². The van der Waals surface area contributed by atoms with Crippen LogP contribution in [0.3, 0.4) is 0 Å². The summed E-state index contributed by atoms with van der Waals surface area (Å²) in [5, 5.41) is 3.44. The number of halogens is 1. The van der Waals surface area contributed by atoms with Crippen LogP contribution in [0.2, 0.25) is 5.02 Å². The number of ether oxygens (including phenoxy) is 1. The Labute approximate surface area is 197 Å². The minimum absolute atomic E-state index is 0.00431. The number of carbonyl (C=O) groups excluding carboxylic acids is 3. The zero-order valence-electron chi connectivity index (χ0n) is 18.7. The van der Waals surface area contributed by atoms with E-state index in [2.05, 4.69) is 26.1 Å². The number of nitrogens with one attached hydrogen (secondary N) is 1. The Morgan fingerprint density at radius 2 is 1.73 bits per heavy atom. The van der Waals surface area contributed by atoms with Crippen LogP contribution in [0.1, 0.15) is 36.7 Å². The first-order chi connectivity index (χ1) is 15.6. The van der Waals surface area contributed by atoms with E-state index in [1.54, 1.807) is 36.4 Å². The first-order valence-corrected chi connectivity index (χ1v) is 11.4. The van der Waals surface area contributed by atoms with Crippen molar-refractivity contribution in [3.63, 3.8) is 0 Å². The maximum Gasteiger partial charge on any atom is 0.251 e. The number of anilines is 1. The summed E-state index contributed by atoms with van der Waals surface area (Å²) in [5.74, 6) is -2.13.